The lowest BCUT2D eigenvalue weighted by atomic mass is 10.1. The van der Waals surface area contributed by atoms with Gasteiger partial charge in [0.2, 0.25) is 5.91 Å². The van der Waals surface area contributed by atoms with Crippen molar-refractivity contribution in [3.05, 3.63) is 29.1 Å². The Bertz CT molecular complexity index is 400. The molecule has 5 heteroatoms. The van der Waals surface area contributed by atoms with Gasteiger partial charge >= 0.3 is 0 Å². The number of nitrogens with one attached hydrogen (secondary N) is 1. The molecule has 0 fully saturated rings. The Morgan fingerprint density at radius 2 is 1.94 bits per heavy atom. The molecule has 0 radical (unpaired) electrons. The fourth-order valence-electron chi connectivity index (χ4n) is 1.47. The summed E-state index contributed by atoms with van der Waals surface area (Å²) in [7, 11) is 0. The van der Waals surface area contributed by atoms with Crippen LogP contribution in [-0.2, 0) is 4.79 Å². The van der Waals surface area contributed by atoms with Gasteiger partial charge in [-0.1, -0.05) is 31.9 Å². The van der Waals surface area contributed by atoms with Crippen LogP contribution in [0.25, 0.3) is 0 Å². The summed E-state index contributed by atoms with van der Waals surface area (Å²) >= 11 is 6.57. The fourth-order valence-corrected chi connectivity index (χ4v) is 2.88. The first-order chi connectivity index (χ1) is 7.95. The zero-order valence-corrected chi connectivity index (χ0v) is 12.9. The van der Waals surface area contributed by atoms with E-state index < -0.39 is 0 Å². The van der Waals surface area contributed by atoms with Gasteiger partial charge in [-0.15, -0.1) is 0 Å². The Morgan fingerprint density at radius 3 is 2.41 bits per heavy atom. The lowest BCUT2D eigenvalue weighted by Gasteiger charge is -2.11. The molecule has 0 spiro atoms. The zero-order chi connectivity index (χ0) is 13.0. The first-order valence-electron chi connectivity index (χ1n) is 5.23. The molecule has 1 amide bonds. The summed E-state index contributed by atoms with van der Waals surface area (Å²) in [5, 5.41) is 3.51. The number of hydrogen-bond acceptors (Lipinski definition) is 1. The molecule has 0 aliphatic rings. The third-order valence-electron chi connectivity index (χ3n) is 2.35. The van der Waals surface area contributed by atoms with Gasteiger partial charge in [-0.05, 0) is 43.5 Å². The molecule has 17 heavy (non-hydrogen) atoms. The highest BCUT2D eigenvalue weighted by Crippen LogP contribution is 2.19. The first kappa shape index (κ1) is 14.6. The molecule has 0 aliphatic heterocycles. The van der Waals surface area contributed by atoms with Crippen molar-refractivity contribution in [2.24, 2.45) is 0 Å². The molecule has 0 bridgehead atoms. The van der Waals surface area contributed by atoms with Crippen molar-refractivity contribution in [1.82, 2.24) is 0 Å². The van der Waals surface area contributed by atoms with Crippen LogP contribution in [0.5, 0.6) is 0 Å². The molecule has 1 unspecified atom stereocenters. The van der Waals surface area contributed by atoms with Crippen LogP contribution in [0, 0.1) is 19.7 Å². The van der Waals surface area contributed by atoms with Crippen LogP contribution in [0.2, 0.25) is 0 Å². The molecular formula is C12H14Br2FNO. The first-order valence-corrected chi connectivity index (χ1v) is 7.27. The van der Waals surface area contributed by atoms with E-state index in [0.717, 1.165) is 5.33 Å². The average molecular weight is 367 g/mol. The van der Waals surface area contributed by atoms with Crippen molar-refractivity contribution < 1.29 is 9.18 Å². The van der Waals surface area contributed by atoms with E-state index in [1.165, 1.54) is 0 Å². The van der Waals surface area contributed by atoms with Crippen molar-refractivity contribution in [2.45, 2.75) is 25.1 Å². The normalized spacial score (nSPS) is 12.3. The highest BCUT2D eigenvalue weighted by Gasteiger charge is 2.14. The monoisotopic (exact) mass is 365 g/mol. The average Bonchev–Trinajstić information content (AvgIpc) is 2.26. The van der Waals surface area contributed by atoms with Crippen LogP contribution in [-0.4, -0.2) is 16.1 Å². The van der Waals surface area contributed by atoms with Crippen molar-refractivity contribution in [3.8, 4) is 0 Å². The maximum atomic E-state index is 13.4. The number of carbonyl (C=O) groups is 1. The number of halogens is 3. The molecule has 94 valence electrons. The second-order valence-electron chi connectivity index (χ2n) is 3.86. The van der Waals surface area contributed by atoms with Gasteiger partial charge < -0.3 is 5.32 Å². The van der Waals surface area contributed by atoms with Crippen LogP contribution >= 0.6 is 31.9 Å². The summed E-state index contributed by atoms with van der Waals surface area (Å²) in [5.41, 5.74) is 1.70. The van der Waals surface area contributed by atoms with Crippen LogP contribution in [0.3, 0.4) is 0 Å². The smallest absolute Gasteiger partial charge is 0.238 e. The predicted octanol–water partition coefficient (Wildman–Crippen LogP) is 3.93. The highest BCUT2D eigenvalue weighted by atomic mass is 79.9. The van der Waals surface area contributed by atoms with Crippen LogP contribution in [0.15, 0.2) is 12.1 Å². The number of hydrogen-bond donors (Lipinski definition) is 1. The molecule has 0 saturated carbocycles. The number of benzene rings is 1. The van der Waals surface area contributed by atoms with Crippen molar-refractivity contribution in [1.29, 1.82) is 0 Å². The van der Waals surface area contributed by atoms with E-state index in [4.69, 9.17) is 0 Å². The molecule has 0 aromatic heterocycles. The lowest BCUT2D eigenvalue weighted by Crippen LogP contribution is -2.23. The maximum absolute atomic E-state index is 13.4. The SMILES string of the molecule is Cc1cc(NC(=O)C(Br)CCBr)cc(C)c1F. The molecule has 1 aromatic rings. The molecule has 2 nitrogen and oxygen atoms in total. The minimum atomic E-state index is -0.243. The molecule has 1 atom stereocenters. The van der Waals surface area contributed by atoms with Gasteiger partial charge in [0.15, 0.2) is 0 Å². The molecule has 1 rings (SSSR count). The minimum Gasteiger partial charge on any atom is -0.325 e. The number of aryl methyl sites for hydroxylation is 2. The number of alkyl halides is 2. The van der Waals surface area contributed by atoms with E-state index in [1.807, 2.05) is 0 Å². The Morgan fingerprint density at radius 1 is 1.41 bits per heavy atom. The lowest BCUT2D eigenvalue weighted by molar-refractivity contribution is -0.115. The van der Waals surface area contributed by atoms with Gasteiger partial charge in [0.1, 0.15) is 5.82 Å². The second-order valence-corrected chi connectivity index (χ2v) is 5.76. The maximum Gasteiger partial charge on any atom is 0.238 e. The third kappa shape index (κ3) is 4.07. The van der Waals surface area contributed by atoms with Crippen molar-refractivity contribution in [3.63, 3.8) is 0 Å². The van der Waals surface area contributed by atoms with E-state index in [-0.39, 0.29) is 16.6 Å². The van der Waals surface area contributed by atoms with E-state index in [1.54, 1.807) is 26.0 Å². The molecule has 1 N–H and O–H groups in total. The topological polar surface area (TPSA) is 29.1 Å². The molecule has 0 saturated heterocycles. The van der Waals surface area contributed by atoms with Crippen LogP contribution < -0.4 is 5.32 Å². The largest absolute Gasteiger partial charge is 0.325 e. The van der Waals surface area contributed by atoms with Gasteiger partial charge in [0, 0.05) is 11.0 Å². The summed E-state index contributed by atoms with van der Waals surface area (Å²) in [5.74, 6) is -0.339. The standard InChI is InChI=1S/C12H14Br2FNO/c1-7-5-9(6-8(2)11(7)15)16-12(17)10(14)3-4-13/h5-6,10H,3-4H2,1-2H3,(H,16,17). The van der Waals surface area contributed by atoms with E-state index in [0.29, 0.717) is 23.2 Å². The molecule has 0 aliphatic carbocycles. The molecule has 1 aromatic carbocycles. The summed E-state index contributed by atoms with van der Waals surface area (Å²) in [6.45, 7) is 3.37. The third-order valence-corrected chi connectivity index (χ3v) is 3.68. The van der Waals surface area contributed by atoms with Gasteiger partial charge in [0.25, 0.3) is 0 Å². The number of amides is 1. The number of anilines is 1. The van der Waals surface area contributed by atoms with Gasteiger partial charge in [-0.2, -0.15) is 0 Å². The number of carbonyl (C=O) groups excluding carboxylic acids is 1. The van der Waals surface area contributed by atoms with Crippen LogP contribution in [0.1, 0.15) is 17.5 Å². The summed E-state index contributed by atoms with van der Waals surface area (Å²) in [6, 6.07) is 3.27. The Labute approximate surface area is 117 Å². The van der Waals surface area contributed by atoms with Crippen LogP contribution in [0.4, 0.5) is 10.1 Å². The van der Waals surface area contributed by atoms with E-state index in [2.05, 4.69) is 37.2 Å². The fraction of sp³-hybridized carbons (Fsp3) is 0.417. The minimum absolute atomic E-state index is 0.116. The van der Waals surface area contributed by atoms with Crippen molar-refractivity contribution >= 4 is 43.5 Å². The van der Waals surface area contributed by atoms with E-state index >= 15 is 0 Å². The Hall–Kier alpha value is -0.420. The van der Waals surface area contributed by atoms with Crippen molar-refractivity contribution in [2.75, 3.05) is 10.6 Å². The second kappa shape index (κ2) is 6.50. The van der Waals surface area contributed by atoms with E-state index in [9.17, 15) is 9.18 Å². The van der Waals surface area contributed by atoms with Gasteiger partial charge in [0.05, 0.1) is 4.83 Å². The summed E-state index contributed by atoms with van der Waals surface area (Å²) < 4.78 is 13.4. The molecule has 0 heterocycles. The van der Waals surface area contributed by atoms with Gasteiger partial charge in [-0.25, -0.2) is 4.39 Å². The summed E-state index contributed by atoms with van der Waals surface area (Å²) in [4.78, 5) is 11.5. The summed E-state index contributed by atoms with van der Waals surface area (Å²) in [6.07, 6.45) is 0.699. The van der Waals surface area contributed by atoms with Gasteiger partial charge in [-0.3, -0.25) is 4.79 Å². The highest BCUT2D eigenvalue weighted by molar-refractivity contribution is 9.10. The predicted molar refractivity (Wildman–Crippen MR) is 75.6 cm³/mol. The number of rotatable bonds is 4. The Kier molecular flexibility index (Phi) is 5.59. The zero-order valence-electron chi connectivity index (χ0n) is 9.69. The molecular weight excluding hydrogens is 353 g/mol. The Balaban J connectivity index is 2.79. The quantitative estimate of drug-likeness (QED) is 0.803.